The van der Waals surface area contributed by atoms with Crippen LogP contribution in [0.3, 0.4) is 0 Å². The lowest BCUT2D eigenvalue weighted by molar-refractivity contribution is 0.121. The minimum Gasteiger partial charge on any atom is -0.377 e. The highest BCUT2D eigenvalue weighted by Gasteiger charge is 2.20. The fourth-order valence-corrected chi connectivity index (χ4v) is 3.99. The smallest absolute Gasteiger partial charge is 0.0716 e. The number of benzene rings is 2. The maximum Gasteiger partial charge on any atom is 0.0716 e. The largest absolute Gasteiger partial charge is 0.377 e. The van der Waals surface area contributed by atoms with Gasteiger partial charge in [-0.3, -0.25) is 0 Å². The molecule has 1 heteroatoms. The zero-order valence-electron chi connectivity index (χ0n) is 16.3. The van der Waals surface area contributed by atoms with E-state index in [0.29, 0.717) is 6.61 Å². The summed E-state index contributed by atoms with van der Waals surface area (Å²) in [5.74, 6) is 1.54. The quantitative estimate of drug-likeness (QED) is 0.382. The van der Waals surface area contributed by atoms with E-state index in [4.69, 9.17) is 4.74 Å². The summed E-state index contributed by atoms with van der Waals surface area (Å²) in [5.41, 5.74) is 5.35. The Kier molecular flexibility index (Phi) is 7.08. The molecule has 0 spiro atoms. The van der Waals surface area contributed by atoms with Gasteiger partial charge in [-0.1, -0.05) is 67.6 Å². The van der Waals surface area contributed by atoms with Crippen LogP contribution in [0.4, 0.5) is 0 Å². The van der Waals surface area contributed by atoms with Gasteiger partial charge in [-0.25, -0.2) is 0 Å². The zero-order valence-corrected chi connectivity index (χ0v) is 16.3. The lowest BCUT2D eigenvalue weighted by Crippen LogP contribution is -2.11. The summed E-state index contributed by atoms with van der Waals surface area (Å²) >= 11 is 0. The number of hydrogen-bond donors (Lipinski definition) is 0. The van der Waals surface area contributed by atoms with Crippen molar-refractivity contribution in [1.82, 2.24) is 0 Å². The molecule has 1 fully saturated rings. The molecule has 138 valence electrons. The van der Waals surface area contributed by atoms with E-state index in [-0.39, 0.29) is 0 Å². The Morgan fingerprint density at radius 3 is 2.08 bits per heavy atom. The molecule has 0 atom stereocenters. The molecule has 1 aliphatic rings. The average molecular weight is 349 g/mol. The van der Waals surface area contributed by atoms with E-state index in [1.807, 2.05) is 0 Å². The highest BCUT2D eigenvalue weighted by Crippen LogP contribution is 2.36. The van der Waals surface area contributed by atoms with Crippen LogP contribution in [0.25, 0.3) is 11.1 Å². The van der Waals surface area contributed by atoms with Crippen LogP contribution < -0.4 is 0 Å². The van der Waals surface area contributed by atoms with Crippen LogP contribution in [0.1, 0.15) is 63.0 Å². The van der Waals surface area contributed by atoms with Crippen LogP contribution in [0, 0.1) is 5.92 Å². The molecule has 0 bridgehead atoms. The monoisotopic (exact) mass is 348 g/mol. The summed E-state index contributed by atoms with van der Waals surface area (Å²) in [4.78, 5) is 0. The maximum atomic E-state index is 5.62. The maximum absolute atomic E-state index is 5.62. The van der Waals surface area contributed by atoms with Gasteiger partial charge in [-0.15, -0.1) is 0 Å². The molecule has 0 amide bonds. The number of allylic oxidation sites excluding steroid dienone is 2. The van der Waals surface area contributed by atoms with E-state index in [1.165, 1.54) is 47.9 Å². The molecule has 3 rings (SSSR count). The second-order valence-corrected chi connectivity index (χ2v) is 7.51. The second kappa shape index (κ2) is 9.73. The van der Waals surface area contributed by atoms with Crippen LogP contribution in [-0.2, 0) is 11.3 Å². The topological polar surface area (TPSA) is 9.23 Å². The predicted molar refractivity (Wildman–Crippen MR) is 111 cm³/mol. The Hall–Kier alpha value is -1.86. The van der Waals surface area contributed by atoms with Gasteiger partial charge in [0.1, 0.15) is 0 Å². The summed E-state index contributed by atoms with van der Waals surface area (Å²) < 4.78 is 5.62. The molecule has 0 heterocycles. The molecule has 2 aromatic carbocycles. The van der Waals surface area contributed by atoms with Crippen LogP contribution in [0.5, 0.6) is 0 Å². The zero-order chi connectivity index (χ0) is 18.2. The van der Waals surface area contributed by atoms with Crippen molar-refractivity contribution in [2.75, 3.05) is 6.61 Å². The van der Waals surface area contributed by atoms with Crippen molar-refractivity contribution in [3.8, 4) is 11.1 Å². The minimum atomic E-state index is 0.711. The first-order valence-corrected chi connectivity index (χ1v) is 10.2. The predicted octanol–water partition coefficient (Wildman–Crippen LogP) is 7.13. The van der Waals surface area contributed by atoms with Crippen molar-refractivity contribution in [3.05, 3.63) is 71.8 Å². The Morgan fingerprint density at radius 2 is 1.50 bits per heavy atom. The van der Waals surface area contributed by atoms with Crippen LogP contribution >= 0.6 is 0 Å². The molecule has 0 radical (unpaired) electrons. The molecule has 1 saturated carbocycles. The number of hydrogen-bond acceptors (Lipinski definition) is 1. The third-order valence-electron chi connectivity index (χ3n) is 5.52. The first-order chi connectivity index (χ1) is 12.8. The van der Waals surface area contributed by atoms with E-state index in [0.717, 1.165) is 24.9 Å². The first kappa shape index (κ1) is 18.9. The van der Waals surface area contributed by atoms with E-state index in [1.54, 1.807) is 0 Å². The van der Waals surface area contributed by atoms with Crippen molar-refractivity contribution in [1.29, 1.82) is 0 Å². The van der Waals surface area contributed by atoms with Gasteiger partial charge in [0.05, 0.1) is 6.61 Å². The van der Waals surface area contributed by atoms with E-state index in [2.05, 4.69) is 74.5 Å². The normalized spacial score (nSPS) is 20.5. The fourth-order valence-electron chi connectivity index (χ4n) is 3.99. The van der Waals surface area contributed by atoms with E-state index < -0.39 is 0 Å². The molecule has 26 heavy (non-hydrogen) atoms. The molecule has 0 saturated heterocycles. The Bertz CT molecular complexity index is 673. The van der Waals surface area contributed by atoms with Gasteiger partial charge in [0.15, 0.2) is 0 Å². The summed E-state index contributed by atoms with van der Waals surface area (Å²) in [6.07, 6.45) is 11.0. The minimum absolute atomic E-state index is 0.711. The molecule has 0 aliphatic heterocycles. The lowest BCUT2D eigenvalue weighted by atomic mass is 9.78. The molecule has 0 aromatic heterocycles. The van der Waals surface area contributed by atoms with Gasteiger partial charge < -0.3 is 4.74 Å². The summed E-state index contributed by atoms with van der Waals surface area (Å²) in [5, 5.41) is 0. The molecule has 0 N–H and O–H groups in total. The highest BCUT2D eigenvalue weighted by atomic mass is 16.5. The molecular weight excluding hydrogens is 316 g/mol. The van der Waals surface area contributed by atoms with Crippen molar-refractivity contribution < 1.29 is 4.74 Å². The first-order valence-electron chi connectivity index (χ1n) is 10.2. The third-order valence-corrected chi connectivity index (χ3v) is 5.52. The van der Waals surface area contributed by atoms with Crippen LogP contribution in [0.15, 0.2) is 60.7 Å². The van der Waals surface area contributed by atoms with Crippen molar-refractivity contribution >= 4 is 0 Å². The molecule has 0 unspecified atom stereocenters. The van der Waals surface area contributed by atoms with Gasteiger partial charge >= 0.3 is 0 Å². The molecule has 1 aliphatic carbocycles. The third kappa shape index (κ3) is 5.08. The van der Waals surface area contributed by atoms with Crippen LogP contribution in [-0.4, -0.2) is 6.61 Å². The highest BCUT2D eigenvalue weighted by molar-refractivity contribution is 5.64. The number of rotatable bonds is 7. The molecule has 1 nitrogen and oxygen atoms in total. The van der Waals surface area contributed by atoms with Crippen LogP contribution in [0.2, 0.25) is 0 Å². The standard InChI is InChI=1S/C25H32O/c1-3-5-20-6-10-22(11-7-20)24-14-16-25(17-15-24)23-12-8-21(9-13-23)19-26-18-4-2/h3,5,8-9,12-17,20,22H,4,6-7,10-11,18-19H2,1-2H3/b5-3-/t20-,22-. The summed E-state index contributed by atoms with van der Waals surface area (Å²) in [7, 11) is 0. The van der Waals surface area contributed by atoms with Gasteiger partial charge in [0.25, 0.3) is 0 Å². The Labute approximate surface area is 159 Å². The average Bonchev–Trinajstić information content (AvgIpc) is 2.70. The van der Waals surface area contributed by atoms with Gasteiger partial charge in [0, 0.05) is 6.61 Å². The molecular formula is C25H32O. The second-order valence-electron chi connectivity index (χ2n) is 7.51. The van der Waals surface area contributed by atoms with Crippen molar-refractivity contribution in [3.63, 3.8) is 0 Å². The number of ether oxygens (including phenoxy) is 1. The summed E-state index contributed by atoms with van der Waals surface area (Å²) in [6, 6.07) is 18.0. The van der Waals surface area contributed by atoms with Gasteiger partial charge in [-0.2, -0.15) is 0 Å². The SMILES string of the molecule is C/C=C\[C@H]1CC[C@H](c2ccc(-c3ccc(COCCC)cc3)cc2)CC1. The van der Waals surface area contributed by atoms with E-state index in [9.17, 15) is 0 Å². The van der Waals surface area contributed by atoms with Gasteiger partial charge in [0.2, 0.25) is 0 Å². The molecule has 2 aromatic rings. The lowest BCUT2D eigenvalue weighted by Gasteiger charge is -2.27. The van der Waals surface area contributed by atoms with Gasteiger partial charge in [-0.05, 0) is 73.1 Å². The fraction of sp³-hybridized carbons (Fsp3) is 0.440. The Morgan fingerprint density at radius 1 is 0.885 bits per heavy atom. The Balaban J connectivity index is 1.59. The summed E-state index contributed by atoms with van der Waals surface area (Å²) in [6.45, 7) is 5.82. The van der Waals surface area contributed by atoms with Crippen molar-refractivity contribution in [2.45, 2.75) is 58.5 Å². The van der Waals surface area contributed by atoms with E-state index >= 15 is 0 Å². The van der Waals surface area contributed by atoms with Crippen molar-refractivity contribution in [2.24, 2.45) is 5.92 Å².